The Morgan fingerprint density at radius 3 is 2.24 bits per heavy atom. The molecule has 3 rings (SSSR count). The van der Waals surface area contributed by atoms with E-state index in [1.807, 2.05) is 0 Å². The first-order valence-electron chi connectivity index (χ1n) is 7.19. The summed E-state index contributed by atoms with van der Waals surface area (Å²) in [6.45, 7) is 0. The standard InChI is InChI=1S/C17H12F3N3O2/c1-25-13-9-7-12(8-10-13)16(24)14-15(11-5-3-2-4-6-11)23(22-21-14)17(18,19)20/h2-10H,1H3. The van der Waals surface area contributed by atoms with E-state index in [1.54, 1.807) is 30.3 Å². The fourth-order valence-electron chi connectivity index (χ4n) is 2.35. The second kappa shape index (κ2) is 6.39. The maximum atomic E-state index is 13.2. The van der Waals surface area contributed by atoms with Crippen molar-refractivity contribution in [3.8, 4) is 17.0 Å². The molecule has 0 bridgehead atoms. The summed E-state index contributed by atoms with van der Waals surface area (Å²) in [5, 5.41) is 6.63. The van der Waals surface area contributed by atoms with Crippen LogP contribution in [0.1, 0.15) is 16.1 Å². The summed E-state index contributed by atoms with van der Waals surface area (Å²) in [6.07, 6.45) is -4.80. The van der Waals surface area contributed by atoms with Crippen molar-refractivity contribution in [2.45, 2.75) is 6.30 Å². The molecule has 0 N–H and O–H groups in total. The molecule has 25 heavy (non-hydrogen) atoms. The Hall–Kier alpha value is -3.16. The van der Waals surface area contributed by atoms with E-state index in [0.717, 1.165) is 0 Å². The predicted octanol–water partition coefficient (Wildman–Crippen LogP) is 3.66. The lowest BCUT2D eigenvalue weighted by molar-refractivity contribution is -0.211. The lowest BCUT2D eigenvalue weighted by atomic mass is 10.0. The highest BCUT2D eigenvalue weighted by Gasteiger charge is 2.38. The minimum absolute atomic E-state index is 0.187. The average Bonchev–Trinajstić information content (AvgIpc) is 3.07. The minimum Gasteiger partial charge on any atom is -0.497 e. The molecule has 3 aromatic rings. The van der Waals surface area contributed by atoms with Crippen molar-refractivity contribution >= 4 is 5.78 Å². The number of ketones is 1. The molecule has 0 aliphatic carbocycles. The van der Waals surface area contributed by atoms with Gasteiger partial charge in [0.15, 0.2) is 5.69 Å². The van der Waals surface area contributed by atoms with Gasteiger partial charge >= 0.3 is 6.30 Å². The fraction of sp³-hybridized carbons (Fsp3) is 0.118. The predicted molar refractivity (Wildman–Crippen MR) is 83.2 cm³/mol. The van der Waals surface area contributed by atoms with Crippen LogP contribution in [0.15, 0.2) is 54.6 Å². The highest BCUT2D eigenvalue weighted by Crippen LogP contribution is 2.31. The lowest BCUT2D eigenvalue weighted by Crippen LogP contribution is -2.20. The van der Waals surface area contributed by atoms with Crippen LogP contribution in [-0.4, -0.2) is 27.9 Å². The number of rotatable bonds is 4. The molecular formula is C17H12F3N3O2. The summed E-state index contributed by atoms with van der Waals surface area (Å²) >= 11 is 0. The molecule has 0 spiro atoms. The number of carbonyl (C=O) groups is 1. The van der Waals surface area contributed by atoms with Crippen molar-refractivity contribution < 1.29 is 22.7 Å². The van der Waals surface area contributed by atoms with Gasteiger partial charge in [0, 0.05) is 11.1 Å². The molecule has 0 fully saturated rings. The Bertz CT molecular complexity index is 888. The molecule has 128 valence electrons. The third kappa shape index (κ3) is 3.23. The van der Waals surface area contributed by atoms with Gasteiger partial charge in [-0.1, -0.05) is 35.5 Å². The Morgan fingerprint density at radius 2 is 1.68 bits per heavy atom. The van der Waals surface area contributed by atoms with Gasteiger partial charge in [-0.25, -0.2) is 0 Å². The summed E-state index contributed by atoms with van der Waals surface area (Å²) in [5.41, 5.74) is -0.378. The quantitative estimate of drug-likeness (QED) is 0.676. The summed E-state index contributed by atoms with van der Waals surface area (Å²) < 4.78 is 44.5. The van der Waals surface area contributed by atoms with Crippen molar-refractivity contribution in [1.29, 1.82) is 0 Å². The van der Waals surface area contributed by atoms with Crippen LogP contribution in [0.4, 0.5) is 13.2 Å². The van der Waals surface area contributed by atoms with E-state index in [2.05, 4.69) is 10.3 Å². The number of halogens is 3. The van der Waals surface area contributed by atoms with Crippen LogP contribution in [0.2, 0.25) is 0 Å². The van der Waals surface area contributed by atoms with Crippen LogP contribution >= 0.6 is 0 Å². The van der Waals surface area contributed by atoms with Gasteiger partial charge in [-0.2, -0.15) is 0 Å². The Balaban J connectivity index is 2.12. The maximum absolute atomic E-state index is 13.2. The maximum Gasteiger partial charge on any atom is 0.506 e. The summed E-state index contributed by atoms with van der Waals surface area (Å²) in [4.78, 5) is 12.7. The first-order chi connectivity index (χ1) is 11.9. The highest BCUT2D eigenvalue weighted by atomic mass is 19.4. The average molecular weight is 347 g/mol. The molecule has 1 heterocycles. The molecule has 0 saturated heterocycles. The van der Waals surface area contributed by atoms with Crippen LogP contribution < -0.4 is 4.74 Å². The van der Waals surface area contributed by atoms with E-state index in [1.165, 1.54) is 31.4 Å². The molecule has 0 aliphatic rings. The van der Waals surface area contributed by atoms with Crippen LogP contribution in [0.3, 0.4) is 0 Å². The number of aromatic nitrogens is 3. The van der Waals surface area contributed by atoms with Crippen molar-refractivity contribution in [3.05, 3.63) is 65.9 Å². The number of benzene rings is 2. The molecule has 0 atom stereocenters. The molecule has 2 aromatic carbocycles. The van der Waals surface area contributed by atoms with Gasteiger partial charge in [-0.05, 0) is 24.3 Å². The Kier molecular flexibility index (Phi) is 4.26. The number of nitrogens with zero attached hydrogens (tertiary/aromatic N) is 3. The summed E-state index contributed by atoms with van der Waals surface area (Å²) in [7, 11) is 1.47. The lowest BCUT2D eigenvalue weighted by Gasteiger charge is -2.10. The molecule has 0 saturated carbocycles. The van der Waals surface area contributed by atoms with Crippen LogP contribution in [0.25, 0.3) is 11.3 Å². The number of alkyl halides is 3. The zero-order chi connectivity index (χ0) is 18.0. The van der Waals surface area contributed by atoms with Gasteiger partial charge in [-0.3, -0.25) is 4.79 Å². The second-order valence-corrected chi connectivity index (χ2v) is 5.09. The third-order valence-corrected chi connectivity index (χ3v) is 3.52. The summed E-state index contributed by atoms with van der Waals surface area (Å²) in [6, 6.07) is 13.8. The van der Waals surface area contributed by atoms with E-state index >= 15 is 0 Å². The number of hydrogen-bond donors (Lipinski definition) is 0. The van der Waals surface area contributed by atoms with Crippen molar-refractivity contribution in [1.82, 2.24) is 15.0 Å². The number of ether oxygens (including phenoxy) is 1. The topological polar surface area (TPSA) is 57.0 Å². The van der Waals surface area contributed by atoms with Crippen LogP contribution in [-0.2, 0) is 6.30 Å². The van der Waals surface area contributed by atoms with E-state index < -0.39 is 17.8 Å². The first kappa shape index (κ1) is 16.7. The van der Waals surface area contributed by atoms with E-state index in [0.29, 0.717) is 5.75 Å². The van der Waals surface area contributed by atoms with Crippen molar-refractivity contribution in [3.63, 3.8) is 0 Å². The molecule has 8 heteroatoms. The molecule has 0 unspecified atom stereocenters. The zero-order valence-corrected chi connectivity index (χ0v) is 13.0. The van der Waals surface area contributed by atoms with E-state index in [9.17, 15) is 18.0 Å². The van der Waals surface area contributed by atoms with Crippen molar-refractivity contribution in [2.24, 2.45) is 0 Å². The van der Waals surface area contributed by atoms with Gasteiger partial charge in [0.25, 0.3) is 0 Å². The van der Waals surface area contributed by atoms with E-state index in [4.69, 9.17) is 4.74 Å². The number of methoxy groups -OCH3 is 1. The smallest absolute Gasteiger partial charge is 0.497 e. The largest absolute Gasteiger partial charge is 0.506 e. The van der Waals surface area contributed by atoms with Gasteiger partial charge in [0.1, 0.15) is 11.4 Å². The van der Waals surface area contributed by atoms with Gasteiger partial charge < -0.3 is 4.74 Å². The molecular weight excluding hydrogens is 335 g/mol. The summed E-state index contributed by atoms with van der Waals surface area (Å²) in [5.74, 6) is -0.129. The molecule has 0 amide bonds. The van der Waals surface area contributed by atoms with Gasteiger partial charge in [-0.15, -0.1) is 23.0 Å². The second-order valence-electron chi connectivity index (χ2n) is 5.09. The molecule has 5 nitrogen and oxygen atoms in total. The zero-order valence-electron chi connectivity index (χ0n) is 13.0. The molecule has 1 aromatic heterocycles. The van der Waals surface area contributed by atoms with E-state index in [-0.39, 0.29) is 21.5 Å². The minimum atomic E-state index is -4.80. The number of hydrogen-bond acceptors (Lipinski definition) is 4. The normalized spacial score (nSPS) is 11.4. The monoisotopic (exact) mass is 347 g/mol. The van der Waals surface area contributed by atoms with Crippen molar-refractivity contribution in [2.75, 3.05) is 7.11 Å². The van der Waals surface area contributed by atoms with Gasteiger partial charge in [0.05, 0.1) is 7.11 Å². The third-order valence-electron chi connectivity index (χ3n) is 3.52. The van der Waals surface area contributed by atoms with Crippen LogP contribution in [0, 0.1) is 0 Å². The Labute approximate surface area is 140 Å². The fourth-order valence-corrected chi connectivity index (χ4v) is 2.35. The van der Waals surface area contributed by atoms with Crippen LogP contribution in [0.5, 0.6) is 5.75 Å². The SMILES string of the molecule is COc1ccc(C(=O)c2nnn(C(F)(F)F)c2-c2ccccc2)cc1. The molecule has 0 aliphatic heterocycles. The first-order valence-corrected chi connectivity index (χ1v) is 7.19. The molecule has 0 radical (unpaired) electrons. The Morgan fingerprint density at radius 1 is 1.04 bits per heavy atom. The number of carbonyl (C=O) groups excluding carboxylic acids is 1. The van der Waals surface area contributed by atoms with Gasteiger partial charge in [0.2, 0.25) is 5.78 Å². The highest BCUT2D eigenvalue weighted by molar-refractivity contribution is 6.11.